The number of hydrogen-bond donors (Lipinski definition) is 1. The SMILES string of the molecule is CC(=O)c1cc(CC(N)=O)cs1. The predicted molar refractivity (Wildman–Crippen MR) is 47.2 cm³/mol. The van der Waals surface area contributed by atoms with Crippen LogP contribution >= 0.6 is 11.3 Å². The van der Waals surface area contributed by atoms with Crippen LogP contribution in [0, 0.1) is 0 Å². The number of amides is 1. The summed E-state index contributed by atoms with van der Waals surface area (Å²) < 4.78 is 0. The van der Waals surface area contributed by atoms with Crippen LogP contribution in [0.5, 0.6) is 0 Å². The lowest BCUT2D eigenvalue weighted by Gasteiger charge is -1.88. The van der Waals surface area contributed by atoms with Crippen molar-refractivity contribution in [3.05, 3.63) is 21.9 Å². The van der Waals surface area contributed by atoms with Gasteiger partial charge >= 0.3 is 0 Å². The molecule has 0 saturated carbocycles. The molecule has 4 heteroatoms. The molecule has 0 saturated heterocycles. The quantitative estimate of drug-likeness (QED) is 0.710. The van der Waals surface area contributed by atoms with Crippen LogP contribution in [-0.2, 0) is 11.2 Å². The van der Waals surface area contributed by atoms with Gasteiger partial charge in [-0.3, -0.25) is 9.59 Å². The highest BCUT2D eigenvalue weighted by atomic mass is 32.1. The van der Waals surface area contributed by atoms with Gasteiger partial charge in [-0.2, -0.15) is 0 Å². The van der Waals surface area contributed by atoms with Crippen LogP contribution in [0.15, 0.2) is 11.4 Å². The zero-order valence-corrected chi connectivity index (χ0v) is 7.48. The van der Waals surface area contributed by atoms with Crippen LogP contribution in [0.2, 0.25) is 0 Å². The van der Waals surface area contributed by atoms with Crippen LogP contribution in [0.4, 0.5) is 0 Å². The van der Waals surface area contributed by atoms with Crippen molar-refractivity contribution in [1.82, 2.24) is 0 Å². The van der Waals surface area contributed by atoms with Crippen molar-refractivity contribution in [2.75, 3.05) is 0 Å². The molecule has 0 unspecified atom stereocenters. The fourth-order valence-corrected chi connectivity index (χ4v) is 1.67. The van der Waals surface area contributed by atoms with Crippen molar-refractivity contribution in [1.29, 1.82) is 0 Å². The molecule has 2 N–H and O–H groups in total. The smallest absolute Gasteiger partial charge is 0.221 e. The summed E-state index contributed by atoms with van der Waals surface area (Å²) in [6, 6.07) is 1.71. The lowest BCUT2D eigenvalue weighted by molar-refractivity contribution is -0.117. The first-order chi connectivity index (χ1) is 5.59. The molecule has 1 aromatic rings. The molecule has 64 valence electrons. The van der Waals surface area contributed by atoms with Crippen LogP contribution in [0.25, 0.3) is 0 Å². The molecule has 0 atom stereocenters. The monoisotopic (exact) mass is 183 g/mol. The van der Waals surface area contributed by atoms with Crippen molar-refractivity contribution in [3.63, 3.8) is 0 Å². The molecule has 0 radical (unpaired) electrons. The van der Waals surface area contributed by atoms with Gasteiger partial charge in [-0.1, -0.05) is 0 Å². The molecular weight excluding hydrogens is 174 g/mol. The number of thiophene rings is 1. The Hall–Kier alpha value is -1.16. The normalized spacial score (nSPS) is 9.75. The Labute approximate surface area is 74.2 Å². The first-order valence-corrected chi connectivity index (χ1v) is 4.34. The Balaban J connectivity index is 2.77. The number of nitrogens with two attached hydrogens (primary N) is 1. The second kappa shape index (κ2) is 3.49. The highest BCUT2D eigenvalue weighted by Crippen LogP contribution is 2.15. The van der Waals surface area contributed by atoms with E-state index in [1.54, 1.807) is 11.4 Å². The minimum atomic E-state index is -0.372. The molecule has 1 rings (SSSR count). The highest BCUT2D eigenvalue weighted by molar-refractivity contribution is 7.12. The molecule has 1 heterocycles. The maximum atomic E-state index is 10.8. The summed E-state index contributed by atoms with van der Waals surface area (Å²) >= 11 is 1.34. The maximum Gasteiger partial charge on any atom is 0.221 e. The summed E-state index contributed by atoms with van der Waals surface area (Å²) in [7, 11) is 0. The number of carbonyl (C=O) groups is 2. The highest BCUT2D eigenvalue weighted by Gasteiger charge is 2.05. The zero-order chi connectivity index (χ0) is 9.14. The van der Waals surface area contributed by atoms with E-state index in [9.17, 15) is 9.59 Å². The minimum absolute atomic E-state index is 0.0238. The maximum absolute atomic E-state index is 10.8. The van der Waals surface area contributed by atoms with E-state index in [2.05, 4.69) is 0 Å². The third kappa shape index (κ3) is 2.17. The molecule has 0 spiro atoms. The molecule has 1 aromatic heterocycles. The fraction of sp³-hybridized carbons (Fsp3) is 0.250. The van der Waals surface area contributed by atoms with Gasteiger partial charge in [0.1, 0.15) is 0 Å². The van der Waals surface area contributed by atoms with Crippen LogP contribution in [0.1, 0.15) is 22.2 Å². The molecule has 0 aliphatic rings. The zero-order valence-electron chi connectivity index (χ0n) is 6.66. The Kier molecular flexibility index (Phi) is 2.60. The van der Waals surface area contributed by atoms with Gasteiger partial charge in [0.05, 0.1) is 11.3 Å². The second-order valence-electron chi connectivity index (χ2n) is 2.52. The van der Waals surface area contributed by atoms with Crippen LogP contribution in [-0.4, -0.2) is 11.7 Å². The molecular formula is C8H9NO2S. The molecule has 0 bridgehead atoms. The van der Waals surface area contributed by atoms with E-state index >= 15 is 0 Å². The number of carbonyl (C=O) groups excluding carboxylic acids is 2. The van der Waals surface area contributed by atoms with Crippen molar-refractivity contribution in [2.45, 2.75) is 13.3 Å². The van der Waals surface area contributed by atoms with E-state index < -0.39 is 0 Å². The Morgan fingerprint density at radius 3 is 2.67 bits per heavy atom. The van der Waals surface area contributed by atoms with E-state index in [1.165, 1.54) is 18.3 Å². The largest absolute Gasteiger partial charge is 0.369 e. The Morgan fingerprint density at radius 1 is 1.58 bits per heavy atom. The third-order valence-corrected chi connectivity index (χ3v) is 2.46. The molecule has 12 heavy (non-hydrogen) atoms. The van der Waals surface area contributed by atoms with Crippen LogP contribution in [0.3, 0.4) is 0 Å². The van der Waals surface area contributed by atoms with Gasteiger partial charge < -0.3 is 5.73 Å². The first kappa shape index (κ1) is 8.93. The Morgan fingerprint density at radius 2 is 2.25 bits per heavy atom. The van der Waals surface area contributed by atoms with Crippen LogP contribution < -0.4 is 5.73 Å². The van der Waals surface area contributed by atoms with E-state index in [0.717, 1.165) is 5.56 Å². The molecule has 3 nitrogen and oxygen atoms in total. The van der Waals surface area contributed by atoms with Crippen molar-refractivity contribution >= 4 is 23.0 Å². The average molecular weight is 183 g/mol. The van der Waals surface area contributed by atoms with Gasteiger partial charge in [0.25, 0.3) is 0 Å². The summed E-state index contributed by atoms with van der Waals surface area (Å²) in [5.41, 5.74) is 5.81. The van der Waals surface area contributed by atoms with Crippen molar-refractivity contribution in [3.8, 4) is 0 Å². The van der Waals surface area contributed by atoms with E-state index in [-0.39, 0.29) is 18.1 Å². The summed E-state index contributed by atoms with van der Waals surface area (Å²) in [6.45, 7) is 1.50. The van der Waals surface area contributed by atoms with E-state index in [4.69, 9.17) is 5.73 Å². The number of ketones is 1. The average Bonchev–Trinajstić information content (AvgIpc) is 2.34. The number of primary amides is 1. The van der Waals surface area contributed by atoms with Gasteiger partial charge in [-0.05, 0) is 23.9 Å². The molecule has 0 aliphatic carbocycles. The number of Topliss-reactive ketones (excluding diaryl/α,β-unsaturated/α-hetero) is 1. The number of hydrogen-bond acceptors (Lipinski definition) is 3. The fourth-order valence-electron chi connectivity index (χ4n) is 0.854. The summed E-state index contributed by atoms with van der Waals surface area (Å²) in [4.78, 5) is 22.0. The topological polar surface area (TPSA) is 60.2 Å². The summed E-state index contributed by atoms with van der Waals surface area (Å²) in [6.07, 6.45) is 0.212. The lowest BCUT2D eigenvalue weighted by Crippen LogP contribution is -2.12. The van der Waals surface area contributed by atoms with Crippen molar-refractivity contribution in [2.24, 2.45) is 5.73 Å². The second-order valence-corrected chi connectivity index (χ2v) is 3.43. The summed E-state index contributed by atoms with van der Waals surface area (Å²) in [5.74, 6) is -0.348. The van der Waals surface area contributed by atoms with Gasteiger partial charge in [0.2, 0.25) is 5.91 Å². The Bertz CT molecular complexity index is 317. The third-order valence-electron chi connectivity index (χ3n) is 1.38. The molecule has 0 fully saturated rings. The predicted octanol–water partition coefficient (Wildman–Crippen LogP) is 0.979. The lowest BCUT2D eigenvalue weighted by atomic mass is 10.2. The van der Waals surface area contributed by atoms with Gasteiger partial charge in [-0.25, -0.2) is 0 Å². The summed E-state index contributed by atoms with van der Waals surface area (Å²) in [5, 5.41) is 1.78. The van der Waals surface area contributed by atoms with Gasteiger partial charge in [0.15, 0.2) is 5.78 Å². The van der Waals surface area contributed by atoms with Crippen molar-refractivity contribution < 1.29 is 9.59 Å². The van der Waals surface area contributed by atoms with Gasteiger partial charge in [0, 0.05) is 0 Å². The molecule has 0 aromatic carbocycles. The van der Waals surface area contributed by atoms with E-state index in [1.807, 2.05) is 0 Å². The first-order valence-electron chi connectivity index (χ1n) is 3.46. The van der Waals surface area contributed by atoms with Gasteiger partial charge in [-0.15, -0.1) is 11.3 Å². The molecule has 0 aliphatic heterocycles. The molecule has 1 amide bonds. The van der Waals surface area contributed by atoms with E-state index in [0.29, 0.717) is 4.88 Å². The minimum Gasteiger partial charge on any atom is -0.369 e. The number of rotatable bonds is 3. The standard InChI is InChI=1S/C8H9NO2S/c1-5(10)7-2-6(4-12-7)3-8(9)11/h2,4H,3H2,1H3,(H2,9,11).